The summed E-state index contributed by atoms with van der Waals surface area (Å²) in [6.07, 6.45) is 0. The Labute approximate surface area is 227 Å². The summed E-state index contributed by atoms with van der Waals surface area (Å²) in [7, 11) is -3.88. The van der Waals surface area contributed by atoms with Gasteiger partial charge in [0, 0.05) is 34.8 Å². The topological polar surface area (TPSA) is 105 Å². The lowest BCUT2D eigenvalue weighted by Crippen LogP contribution is -2.51. The molecule has 2 aromatic rings. The summed E-state index contributed by atoms with van der Waals surface area (Å²) in [6, 6.07) is 8.66. The number of rotatable bonds is 11. The number of anilines is 1. The second-order valence-corrected chi connectivity index (χ2v) is 12.0. The van der Waals surface area contributed by atoms with E-state index in [9.17, 15) is 18.0 Å². The van der Waals surface area contributed by atoms with Crippen molar-refractivity contribution in [1.82, 2.24) is 10.2 Å². The van der Waals surface area contributed by atoms with E-state index in [4.69, 9.17) is 32.7 Å². The molecule has 12 heteroatoms. The van der Waals surface area contributed by atoms with Crippen LogP contribution in [-0.2, 0) is 26.2 Å². The predicted octanol–water partition coefficient (Wildman–Crippen LogP) is 4.07. The zero-order valence-electron chi connectivity index (χ0n) is 21.2. The molecule has 2 amide bonds. The molecule has 1 aliphatic rings. The second kappa shape index (κ2) is 12.2. The van der Waals surface area contributed by atoms with Gasteiger partial charge < -0.3 is 19.7 Å². The first-order valence-electron chi connectivity index (χ1n) is 11.8. The molecule has 0 bridgehead atoms. The van der Waals surface area contributed by atoms with Crippen LogP contribution in [0.15, 0.2) is 36.4 Å². The Morgan fingerprint density at radius 3 is 2.32 bits per heavy atom. The number of fused-ring (bicyclic) bond motifs is 1. The highest BCUT2D eigenvalue weighted by molar-refractivity contribution is 7.92. The van der Waals surface area contributed by atoms with Crippen LogP contribution in [0.3, 0.4) is 0 Å². The maximum Gasteiger partial charge on any atom is 0.244 e. The van der Waals surface area contributed by atoms with Crippen LogP contribution in [0, 0.1) is 5.92 Å². The number of halogens is 2. The smallest absolute Gasteiger partial charge is 0.244 e. The Balaban J connectivity index is 1.96. The van der Waals surface area contributed by atoms with Gasteiger partial charge in [-0.1, -0.05) is 43.1 Å². The van der Waals surface area contributed by atoms with Crippen LogP contribution in [0.2, 0.25) is 10.0 Å². The molecule has 0 spiro atoms. The molecule has 0 unspecified atom stereocenters. The highest BCUT2D eigenvalue weighted by Gasteiger charge is 2.32. The zero-order valence-corrected chi connectivity index (χ0v) is 23.5. The van der Waals surface area contributed by atoms with Crippen LogP contribution in [-0.4, -0.2) is 56.8 Å². The standard InChI is InChI=1S/C25H31Cl2N3O6S/c1-5-37(33,34)30(18-9-10-22-23(11-18)36-15-35-22)14-24(31)29(17(4)25(32)28-12-16(2)3)13-19-20(26)7-6-8-21(19)27/h6-11,16-17H,5,12-15H2,1-4H3,(H,28,32)/t17-/m0/s1. The number of carbonyl (C=O) groups excluding carboxylic acids is 2. The van der Waals surface area contributed by atoms with Crippen LogP contribution in [0.4, 0.5) is 5.69 Å². The van der Waals surface area contributed by atoms with Crippen LogP contribution < -0.4 is 19.1 Å². The van der Waals surface area contributed by atoms with Crippen molar-refractivity contribution in [2.24, 2.45) is 5.92 Å². The lowest BCUT2D eigenvalue weighted by molar-refractivity contribution is -0.139. The first-order valence-corrected chi connectivity index (χ1v) is 14.2. The maximum absolute atomic E-state index is 13.7. The Morgan fingerprint density at radius 2 is 1.70 bits per heavy atom. The Kier molecular flexibility index (Phi) is 9.55. The number of hydrogen-bond donors (Lipinski definition) is 1. The summed E-state index contributed by atoms with van der Waals surface area (Å²) in [6.45, 7) is 6.79. The summed E-state index contributed by atoms with van der Waals surface area (Å²) in [5.74, 6) is -0.155. The van der Waals surface area contributed by atoms with Crippen molar-refractivity contribution in [2.45, 2.75) is 40.3 Å². The zero-order chi connectivity index (χ0) is 27.3. The van der Waals surface area contributed by atoms with Crippen LogP contribution >= 0.6 is 23.2 Å². The predicted molar refractivity (Wildman–Crippen MR) is 144 cm³/mol. The van der Waals surface area contributed by atoms with Gasteiger partial charge in [-0.15, -0.1) is 0 Å². The van der Waals surface area contributed by atoms with E-state index in [1.807, 2.05) is 13.8 Å². The molecule has 1 atom stereocenters. The van der Waals surface area contributed by atoms with Crippen molar-refractivity contribution in [3.05, 3.63) is 52.0 Å². The van der Waals surface area contributed by atoms with Gasteiger partial charge in [0.15, 0.2) is 11.5 Å². The molecule has 1 aliphatic heterocycles. The number of ether oxygens (including phenoxy) is 2. The number of nitrogens with zero attached hydrogens (tertiary/aromatic N) is 2. The van der Waals surface area contributed by atoms with E-state index < -0.39 is 28.5 Å². The first-order chi connectivity index (χ1) is 17.4. The van der Waals surface area contributed by atoms with Crippen LogP contribution in [0.1, 0.15) is 33.3 Å². The average molecular weight is 573 g/mol. The molecular formula is C25H31Cl2N3O6S. The Morgan fingerprint density at radius 1 is 1.05 bits per heavy atom. The molecule has 1 N–H and O–H groups in total. The number of nitrogens with one attached hydrogen (secondary N) is 1. The number of amides is 2. The van der Waals surface area contributed by atoms with Crippen LogP contribution in [0.5, 0.6) is 11.5 Å². The molecule has 202 valence electrons. The lowest BCUT2D eigenvalue weighted by atomic mass is 10.1. The van der Waals surface area contributed by atoms with Crippen molar-refractivity contribution in [3.63, 3.8) is 0 Å². The second-order valence-electron chi connectivity index (χ2n) is 8.98. The molecule has 0 radical (unpaired) electrons. The first kappa shape index (κ1) is 28.9. The number of benzene rings is 2. The van der Waals surface area contributed by atoms with Crippen molar-refractivity contribution < 1.29 is 27.5 Å². The Hall–Kier alpha value is -2.69. The van der Waals surface area contributed by atoms with Gasteiger partial charge >= 0.3 is 0 Å². The minimum Gasteiger partial charge on any atom is -0.454 e. The minimum atomic E-state index is -3.88. The van der Waals surface area contributed by atoms with E-state index in [-0.39, 0.29) is 36.6 Å². The van der Waals surface area contributed by atoms with Crippen molar-refractivity contribution in [1.29, 1.82) is 0 Å². The molecule has 3 rings (SSSR count). The number of hydrogen-bond acceptors (Lipinski definition) is 6. The van der Waals surface area contributed by atoms with Gasteiger partial charge in [0.2, 0.25) is 28.6 Å². The molecular weight excluding hydrogens is 541 g/mol. The lowest BCUT2D eigenvalue weighted by Gasteiger charge is -2.32. The highest BCUT2D eigenvalue weighted by Crippen LogP contribution is 2.36. The molecule has 2 aromatic carbocycles. The summed E-state index contributed by atoms with van der Waals surface area (Å²) in [5.41, 5.74) is 0.697. The van der Waals surface area contributed by atoms with Crippen molar-refractivity contribution >= 4 is 50.7 Å². The normalized spacial score (nSPS) is 13.4. The number of sulfonamides is 1. The van der Waals surface area contributed by atoms with Gasteiger partial charge in [0.1, 0.15) is 12.6 Å². The van der Waals surface area contributed by atoms with E-state index in [0.29, 0.717) is 33.7 Å². The quantitative estimate of drug-likeness (QED) is 0.436. The van der Waals surface area contributed by atoms with Gasteiger partial charge in [-0.05, 0) is 44.0 Å². The van der Waals surface area contributed by atoms with E-state index in [1.54, 1.807) is 37.3 Å². The maximum atomic E-state index is 13.7. The number of carbonyl (C=O) groups is 2. The van der Waals surface area contributed by atoms with Gasteiger partial charge in [0.05, 0.1) is 11.4 Å². The average Bonchev–Trinajstić information content (AvgIpc) is 3.33. The summed E-state index contributed by atoms with van der Waals surface area (Å²) >= 11 is 12.7. The minimum absolute atomic E-state index is 0.0214. The molecule has 9 nitrogen and oxygen atoms in total. The third-order valence-electron chi connectivity index (χ3n) is 5.87. The third kappa shape index (κ3) is 7.00. The van der Waals surface area contributed by atoms with E-state index in [1.165, 1.54) is 17.9 Å². The molecule has 0 aromatic heterocycles. The molecule has 0 saturated carbocycles. The molecule has 37 heavy (non-hydrogen) atoms. The van der Waals surface area contributed by atoms with Crippen molar-refractivity contribution in [2.75, 3.05) is 29.9 Å². The van der Waals surface area contributed by atoms with Crippen molar-refractivity contribution in [3.8, 4) is 11.5 Å². The highest BCUT2D eigenvalue weighted by atomic mass is 35.5. The fraction of sp³-hybridized carbons (Fsp3) is 0.440. The summed E-state index contributed by atoms with van der Waals surface area (Å²) < 4.78 is 37.9. The van der Waals surface area contributed by atoms with Gasteiger partial charge in [0.25, 0.3) is 0 Å². The van der Waals surface area contributed by atoms with Crippen LogP contribution in [0.25, 0.3) is 0 Å². The molecule has 0 fully saturated rings. The van der Waals surface area contributed by atoms with E-state index in [0.717, 1.165) is 4.31 Å². The van der Waals surface area contributed by atoms with Gasteiger partial charge in [-0.3, -0.25) is 13.9 Å². The SMILES string of the molecule is CCS(=O)(=O)N(CC(=O)N(Cc1c(Cl)cccc1Cl)[C@@H](C)C(=O)NCC(C)C)c1ccc2c(c1)OCO2. The monoisotopic (exact) mass is 571 g/mol. The molecule has 0 saturated heterocycles. The van der Waals surface area contributed by atoms with Gasteiger partial charge in [-0.25, -0.2) is 8.42 Å². The van der Waals surface area contributed by atoms with E-state index in [2.05, 4.69) is 5.32 Å². The third-order valence-corrected chi connectivity index (χ3v) is 8.31. The summed E-state index contributed by atoms with van der Waals surface area (Å²) in [4.78, 5) is 28.0. The summed E-state index contributed by atoms with van der Waals surface area (Å²) in [5, 5.41) is 3.48. The fourth-order valence-corrected chi connectivity index (χ4v) is 5.22. The molecule has 0 aliphatic carbocycles. The molecule has 1 heterocycles. The largest absolute Gasteiger partial charge is 0.454 e. The van der Waals surface area contributed by atoms with E-state index >= 15 is 0 Å². The fourth-order valence-electron chi connectivity index (χ4n) is 3.65. The van der Waals surface area contributed by atoms with Gasteiger partial charge in [-0.2, -0.15) is 0 Å². The Bertz CT molecular complexity index is 1230.